The van der Waals surface area contributed by atoms with Gasteiger partial charge in [-0.2, -0.15) is 0 Å². The summed E-state index contributed by atoms with van der Waals surface area (Å²) in [5, 5.41) is 0. The molecular formula is C47H47NO2. The van der Waals surface area contributed by atoms with E-state index in [1.54, 1.807) is 14.2 Å². The minimum Gasteiger partial charge on any atom is -0.496 e. The highest BCUT2D eigenvalue weighted by Gasteiger charge is 2.47. The zero-order chi connectivity index (χ0) is 35.3. The number of nitrogens with zero attached hydrogens (tertiary/aromatic N) is 1. The number of hydrogen-bond donors (Lipinski definition) is 0. The number of anilines is 3. The summed E-state index contributed by atoms with van der Waals surface area (Å²) in [5.74, 6) is 1.81. The maximum absolute atomic E-state index is 5.99. The van der Waals surface area contributed by atoms with Crippen molar-refractivity contribution >= 4 is 17.1 Å². The van der Waals surface area contributed by atoms with E-state index in [-0.39, 0.29) is 10.8 Å². The van der Waals surface area contributed by atoms with Crippen LogP contribution in [0.3, 0.4) is 0 Å². The zero-order valence-electron chi connectivity index (χ0n) is 30.5. The van der Waals surface area contributed by atoms with Gasteiger partial charge in [0.05, 0.1) is 19.6 Å². The Labute approximate surface area is 298 Å². The van der Waals surface area contributed by atoms with Crippen molar-refractivity contribution in [2.24, 2.45) is 0 Å². The summed E-state index contributed by atoms with van der Waals surface area (Å²) in [4.78, 5) is 2.36. The highest BCUT2D eigenvalue weighted by molar-refractivity contribution is 5.89. The summed E-state index contributed by atoms with van der Waals surface area (Å²) in [6.07, 6.45) is 0. The monoisotopic (exact) mass is 657 g/mol. The van der Waals surface area contributed by atoms with Gasteiger partial charge in [-0.1, -0.05) is 120 Å². The number of hydrogen-bond acceptors (Lipinski definition) is 3. The molecule has 0 bridgehead atoms. The Hall–Kier alpha value is -5.28. The van der Waals surface area contributed by atoms with Gasteiger partial charge in [0.2, 0.25) is 0 Å². The summed E-state index contributed by atoms with van der Waals surface area (Å²) < 4.78 is 12.0. The second-order valence-electron chi connectivity index (χ2n) is 15.4. The molecule has 3 nitrogen and oxygen atoms in total. The van der Waals surface area contributed by atoms with Crippen molar-refractivity contribution in [2.75, 3.05) is 19.1 Å². The lowest BCUT2D eigenvalue weighted by molar-refractivity contribution is 0.396. The number of methoxy groups -OCH3 is 2. The molecule has 1 aliphatic carbocycles. The van der Waals surface area contributed by atoms with Crippen molar-refractivity contribution in [3.8, 4) is 22.6 Å². The van der Waals surface area contributed by atoms with Gasteiger partial charge in [-0.3, -0.25) is 0 Å². The maximum Gasteiger partial charge on any atom is 0.122 e. The predicted octanol–water partition coefficient (Wildman–Crippen LogP) is 12.1. The van der Waals surface area contributed by atoms with E-state index in [0.717, 1.165) is 28.6 Å². The van der Waals surface area contributed by atoms with E-state index in [9.17, 15) is 0 Å². The summed E-state index contributed by atoms with van der Waals surface area (Å²) in [6.45, 7) is 13.6. The first kappa shape index (κ1) is 33.2. The highest BCUT2D eigenvalue weighted by atomic mass is 16.5. The van der Waals surface area contributed by atoms with Crippen molar-refractivity contribution < 1.29 is 9.47 Å². The van der Waals surface area contributed by atoms with Crippen molar-refractivity contribution in [1.82, 2.24) is 0 Å². The van der Waals surface area contributed by atoms with Crippen LogP contribution in [0.25, 0.3) is 11.1 Å². The van der Waals surface area contributed by atoms with Crippen LogP contribution in [0.1, 0.15) is 74.9 Å². The highest BCUT2D eigenvalue weighted by Crippen LogP contribution is 2.58. The van der Waals surface area contributed by atoms with E-state index in [1.165, 1.54) is 44.5 Å². The van der Waals surface area contributed by atoms with E-state index in [1.807, 2.05) is 0 Å². The van der Waals surface area contributed by atoms with Crippen molar-refractivity contribution in [3.05, 3.63) is 173 Å². The minimum absolute atomic E-state index is 0.140. The van der Waals surface area contributed by atoms with E-state index >= 15 is 0 Å². The first-order valence-corrected chi connectivity index (χ1v) is 17.5. The molecule has 0 saturated carbocycles. The number of ether oxygens (including phenoxy) is 2. The third-order valence-electron chi connectivity index (χ3n) is 10.2. The lowest BCUT2D eigenvalue weighted by Gasteiger charge is -2.37. The molecule has 0 radical (unpaired) electrons. The van der Waals surface area contributed by atoms with Gasteiger partial charge in [0.1, 0.15) is 11.5 Å². The van der Waals surface area contributed by atoms with Gasteiger partial charge in [0.15, 0.2) is 0 Å². The van der Waals surface area contributed by atoms with E-state index in [2.05, 4.69) is 186 Å². The van der Waals surface area contributed by atoms with Crippen molar-refractivity contribution in [1.29, 1.82) is 0 Å². The fraction of sp³-hybridized carbons (Fsp3) is 0.234. The quantitative estimate of drug-likeness (QED) is 0.170. The summed E-state index contributed by atoms with van der Waals surface area (Å²) in [7, 11) is 3.54. The molecule has 6 aromatic carbocycles. The molecule has 1 aliphatic rings. The molecule has 7 rings (SSSR count). The molecule has 6 aromatic rings. The van der Waals surface area contributed by atoms with E-state index in [0.29, 0.717) is 0 Å². The Morgan fingerprint density at radius 1 is 0.440 bits per heavy atom. The van der Waals surface area contributed by atoms with Crippen LogP contribution in [0.5, 0.6) is 11.5 Å². The van der Waals surface area contributed by atoms with Crippen molar-refractivity contribution in [2.45, 2.75) is 57.8 Å². The predicted molar refractivity (Wildman–Crippen MR) is 209 cm³/mol. The molecular weight excluding hydrogens is 611 g/mol. The fourth-order valence-electron chi connectivity index (χ4n) is 7.85. The van der Waals surface area contributed by atoms with Gasteiger partial charge >= 0.3 is 0 Å². The molecule has 0 spiro atoms. The van der Waals surface area contributed by atoms with E-state index < -0.39 is 5.41 Å². The number of para-hydroxylation sites is 2. The SMILES string of the molecule is COc1ccc(C2(c3ccc(OC)c(C(C)(C)C)c3)c3ccccc3-c3ccc(N(c4ccccc4)c4ccccc4)cc32)cc1C(C)(C)C. The standard InChI is InChI=1S/C47H47NO2/c1-45(2,3)41-29-32(23-27-43(41)49-7)47(33-24-28-44(50-8)42(30-33)46(4,5)6)39-22-16-15-21-37(39)38-26-25-36(31-40(38)47)48(34-17-11-9-12-18-34)35-19-13-10-14-20-35/h9-31H,1-8H3. The van der Waals surface area contributed by atoms with Crippen LogP contribution in [-0.2, 0) is 16.2 Å². The topological polar surface area (TPSA) is 21.7 Å². The van der Waals surface area contributed by atoms with Crippen LogP contribution in [-0.4, -0.2) is 14.2 Å². The number of rotatable bonds is 7. The van der Waals surface area contributed by atoms with Crippen LogP contribution in [0.2, 0.25) is 0 Å². The molecule has 0 saturated heterocycles. The van der Waals surface area contributed by atoms with Gasteiger partial charge in [-0.15, -0.1) is 0 Å². The smallest absolute Gasteiger partial charge is 0.122 e. The van der Waals surface area contributed by atoms with Crippen LogP contribution < -0.4 is 14.4 Å². The Bertz CT molecular complexity index is 2050. The average molecular weight is 658 g/mol. The van der Waals surface area contributed by atoms with Gasteiger partial charge < -0.3 is 14.4 Å². The molecule has 50 heavy (non-hydrogen) atoms. The van der Waals surface area contributed by atoms with Crippen LogP contribution in [0.15, 0.2) is 140 Å². The Morgan fingerprint density at radius 2 is 0.900 bits per heavy atom. The third kappa shape index (κ3) is 5.46. The molecule has 0 fully saturated rings. The first-order valence-electron chi connectivity index (χ1n) is 17.5. The molecule has 0 amide bonds. The molecule has 0 N–H and O–H groups in total. The molecule has 3 heteroatoms. The Balaban J connectivity index is 1.61. The van der Waals surface area contributed by atoms with Gasteiger partial charge in [0, 0.05) is 17.1 Å². The Kier molecular flexibility index (Phi) is 8.34. The normalized spacial score (nSPS) is 13.4. The largest absolute Gasteiger partial charge is 0.496 e. The first-order chi connectivity index (χ1) is 24.0. The van der Waals surface area contributed by atoms with Crippen LogP contribution >= 0.6 is 0 Å². The second-order valence-corrected chi connectivity index (χ2v) is 15.4. The van der Waals surface area contributed by atoms with Gasteiger partial charge in [-0.25, -0.2) is 0 Å². The van der Waals surface area contributed by atoms with Crippen molar-refractivity contribution in [3.63, 3.8) is 0 Å². The minimum atomic E-state index is -0.625. The lowest BCUT2D eigenvalue weighted by atomic mass is 9.65. The second kappa shape index (κ2) is 12.6. The lowest BCUT2D eigenvalue weighted by Crippen LogP contribution is -2.30. The van der Waals surface area contributed by atoms with Crippen LogP contribution in [0, 0.1) is 0 Å². The van der Waals surface area contributed by atoms with Gasteiger partial charge in [0.25, 0.3) is 0 Å². The summed E-state index contributed by atoms with van der Waals surface area (Å²) in [6, 6.07) is 50.9. The van der Waals surface area contributed by atoms with E-state index in [4.69, 9.17) is 9.47 Å². The molecule has 0 unspecified atom stereocenters. The fourth-order valence-corrected chi connectivity index (χ4v) is 7.85. The summed E-state index contributed by atoms with van der Waals surface area (Å²) >= 11 is 0. The average Bonchev–Trinajstić information content (AvgIpc) is 3.42. The summed E-state index contributed by atoms with van der Waals surface area (Å²) in [5.41, 5.74) is 12.2. The molecule has 0 heterocycles. The number of benzene rings is 6. The molecule has 0 aliphatic heterocycles. The third-order valence-corrected chi connectivity index (χ3v) is 10.2. The van der Waals surface area contributed by atoms with Gasteiger partial charge in [-0.05, 0) is 116 Å². The molecule has 0 aromatic heterocycles. The van der Waals surface area contributed by atoms with Crippen LogP contribution in [0.4, 0.5) is 17.1 Å². The maximum atomic E-state index is 5.99. The number of fused-ring (bicyclic) bond motifs is 3. The zero-order valence-corrected chi connectivity index (χ0v) is 30.5. The Morgan fingerprint density at radius 3 is 1.38 bits per heavy atom. The molecule has 252 valence electrons. The molecule has 0 atom stereocenters.